The Labute approximate surface area is 150 Å². The SMILES string of the molecule is CC1(C)OB(c2cnc(OC[C@H]3CCCN3CCN)nc2)OC1(C)C. The summed E-state index contributed by atoms with van der Waals surface area (Å²) in [5, 5.41) is 0. The maximum Gasteiger partial charge on any atom is 0.498 e. The van der Waals surface area contributed by atoms with E-state index in [0.717, 1.165) is 25.0 Å². The van der Waals surface area contributed by atoms with Crippen molar-refractivity contribution in [2.75, 3.05) is 26.2 Å². The zero-order valence-corrected chi connectivity index (χ0v) is 15.7. The highest BCUT2D eigenvalue weighted by molar-refractivity contribution is 6.61. The van der Waals surface area contributed by atoms with Gasteiger partial charge in [-0.05, 0) is 47.1 Å². The summed E-state index contributed by atoms with van der Waals surface area (Å²) >= 11 is 0. The molecule has 25 heavy (non-hydrogen) atoms. The third-order valence-corrected chi connectivity index (χ3v) is 5.49. The molecule has 2 fully saturated rings. The number of hydrogen-bond acceptors (Lipinski definition) is 7. The molecule has 1 aromatic heterocycles. The van der Waals surface area contributed by atoms with Gasteiger partial charge in [0.1, 0.15) is 6.61 Å². The summed E-state index contributed by atoms with van der Waals surface area (Å²) in [6, 6.07) is 0.787. The van der Waals surface area contributed by atoms with Crippen LogP contribution in [-0.4, -0.2) is 65.5 Å². The molecule has 2 aliphatic heterocycles. The second-order valence-corrected chi connectivity index (χ2v) is 7.82. The molecule has 138 valence electrons. The zero-order chi connectivity index (χ0) is 18.1. The lowest BCUT2D eigenvalue weighted by Gasteiger charge is -2.32. The summed E-state index contributed by atoms with van der Waals surface area (Å²) in [6.07, 6.45) is 5.76. The molecule has 8 heteroatoms. The van der Waals surface area contributed by atoms with Crippen molar-refractivity contribution in [1.82, 2.24) is 14.9 Å². The Hall–Kier alpha value is -1.22. The number of hydrogen-bond donors (Lipinski definition) is 1. The number of nitrogens with two attached hydrogens (primary N) is 1. The van der Waals surface area contributed by atoms with Gasteiger partial charge in [0, 0.05) is 37.0 Å². The number of nitrogens with zero attached hydrogens (tertiary/aromatic N) is 3. The largest absolute Gasteiger partial charge is 0.498 e. The van der Waals surface area contributed by atoms with Crippen LogP contribution in [0.1, 0.15) is 40.5 Å². The molecule has 0 saturated carbocycles. The fourth-order valence-electron chi connectivity index (χ4n) is 3.22. The topological polar surface area (TPSA) is 82.7 Å². The van der Waals surface area contributed by atoms with E-state index in [1.54, 1.807) is 12.4 Å². The molecular formula is C17H29BN4O3. The van der Waals surface area contributed by atoms with Crippen LogP contribution in [-0.2, 0) is 9.31 Å². The molecule has 3 heterocycles. The molecule has 2 N–H and O–H groups in total. The molecule has 0 unspecified atom stereocenters. The average Bonchev–Trinajstić information content (AvgIpc) is 3.08. The van der Waals surface area contributed by atoms with Crippen molar-refractivity contribution in [1.29, 1.82) is 0 Å². The normalized spacial score (nSPS) is 25.5. The minimum Gasteiger partial charge on any atom is -0.462 e. The summed E-state index contributed by atoms with van der Waals surface area (Å²) in [5.41, 5.74) is 5.72. The molecule has 2 aliphatic rings. The molecule has 2 saturated heterocycles. The van der Waals surface area contributed by atoms with Gasteiger partial charge in [-0.1, -0.05) is 0 Å². The zero-order valence-electron chi connectivity index (χ0n) is 15.7. The van der Waals surface area contributed by atoms with Gasteiger partial charge >= 0.3 is 13.1 Å². The van der Waals surface area contributed by atoms with Gasteiger partial charge in [-0.25, -0.2) is 9.97 Å². The highest BCUT2D eigenvalue weighted by atomic mass is 16.7. The van der Waals surface area contributed by atoms with Crippen LogP contribution in [0, 0.1) is 0 Å². The van der Waals surface area contributed by atoms with E-state index in [-0.39, 0.29) is 11.2 Å². The van der Waals surface area contributed by atoms with Crippen LogP contribution in [0.15, 0.2) is 12.4 Å². The molecule has 1 aromatic rings. The van der Waals surface area contributed by atoms with E-state index in [0.29, 0.717) is 25.2 Å². The van der Waals surface area contributed by atoms with Crippen LogP contribution in [0.3, 0.4) is 0 Å². The first-order valence-corrected chi connectivity index (χ1v) is 9.07. The Morgan fingerprint density at radius 2 is 1.88 bits per heavy atom. The fourth-order valence-corrected chi connectivity index (χ4v) is 3.22. The molecule has 0 amide bonds. The molecule has 0 aliphatic carbocycles. The van der Waals surface area contributed by atoms with Crippen LogP contribution in [0.2, 0.25) is 0 Å². The van der Waals surface area contributed by atoms with Crippen molar-refractivity contribution in [2.24, 2.45) is 5.73 Å². The molecule has 0 radical (unpaired) electrons. The highest BCUT2D eigenvalue weighted by Gasteiger charge is 2.51. The van der Waals surface area contributed by atoms with E-state index >= 15 is 0 Å². The van der Waals surface area contributed by atoms with Gasteiger partial charge in [0.2, 0.25) is 0 Å². The minimum atomic E-state index is -0.450. The summed E-state index contributed by atoms with van der Waals surface area (Å²) in [7, 11) is -0.450. The summed E-state index contributed by atoms with van der Waals surface area (Å²) in [6.45, 7) is 11.4. The second kappa shape index (κ2) is 7.19. The highest BCUT2D eigenvalue weighted by Crippen LogP contribution is 2.36. The quantitative estimate of drug-likeness (QED) is 0.753. The van der Waals surface area contributed by atoms with Crippen molar-refractivity contribution < 1.29 is 14.0 Å². The van der Waals surface area contributed by atoms with E-state index in [1.165, 1.54) is 6.42 Å². The van der Waals surface area contributed by atoms with Crippen LogP contribution in [0.5, 0.6) is 6.01 Å². The lowest BCUT2D eigenvalue weighted by Crippen LogP contribution is -2.41. The smallest absolute Gasteiger partial charge is 0.462 e. The van der Waals surface area contributed by atoms with Gasteiger partial charge in [0.05, 0.1) is 11.2 Å². The average molecular weight is 348 g/mol. The van der Waals surface area contributed by atoms with E-state index in [4.69, 9.17) is 19.8 Å². The van der Waals surface area contributed by atoms with Gasteiger partial charge in [-0.15, -0.1) is 0 Å². The van der Waals surface area contributed by atoms with Crippen molar-refractivity contribution in [3.63, 3.8) is 0 Å². The number of ether oxygens (including phenoxy) is 1. The molecule has 0 spiro atoms. The number of rotatable bonds is 6. The maximum absolute atomic E-state index is 6.01. The van der Waals surface area contributed by atoms with Crippen molar-refractivity contribution in [3.8, 4) is 6.01 Å². The molecule has 0 bridgehead atoms. The second-order valence-electron chi connectivity index (χ2n) is 7.82. The first-order valence-electron chi connectivity index (χ1n) is 9.07. The first-order chi connectivity index (χ1) is 11.8. The lowest BCUT2D eigenvalue weighted by molar-refractivity contribution is 0.00578. The van der Waals surface area contributed by atoms with Crippen LogP contribution < -0.4 is 15.9 Å². The van der Waals surface area contributed by atoms with E-state index in [2.05, 4.69) is 14.9 Å². The Kier molecular flexibility index (Phi) is 5.34. The third-order valence-electron chi connectivity index (χ3n) is 5.49. The predicted molar refractivity (Wildman–Crippen MR) is 96.9 cm³/mol. The molecule has 3 rings (SSSR count). The summed E-state index contributed by atoms with van der Waals surface area (Å²) in [4.78, 5) is 11.0. The van der Waals surface area contributed by atoms with Gasteiger partial charge in [-0.3, -0.25) is 4.90 Å². The van der Waals surface area contributed by atoms with Gasteiger partial charge in [0.15, 0.2) is 0 Å². The van der Waals surface area contributed by atoms with E-state index in [9.17, 15) is 0 Å². The van der Waals surface area contributed by atoms with Crippen LogP contribution in [0.25, 0.3) is 0 Å². The Bertz CT molecular complexity index is 566. The lowest BCUT2D eigenvalue weighted by atomic mass is 9.81. The fraction of sp³-hybridized carbons (Fsp3) is 0.765. The Morgan fingerprint density at radius 1 is 1.24 bits per heavy atom. The summed E-state index contributed by atoms with van der Waals surface area (Å²) in [5.74, 6) is 0. The molecular weight excluding hydrogens is 319 g/mol. The van der Waals surface area contributed by atoms with Gasteiger partial charge < -0.3 is 19.8 Å². The van der Waals surface area contributed by atoms with Gasteiger partial charge in [-0.2, -0.15) is 0 Å². The number of likely N-dealkylation sites (tertiary alicyclic amines) is 1. The van der Waals surface area contributed by atoms with E-state index in [1.807, 2.05) is 27.7 Å². The Morgan fingerprint density at radius 3 is 2.48 bits per heavy atom. The molecule has 1 atom stereocenters. The van der Waals surface area contributed by atoms with E-state index < -0.39 is 7.12 Å². The van der Waals surface area contributed by atoms with Gasteiger partial charge in [0.25, 0.3) is 0 Å². The minimum absolute atomic E-state index is 0.373. The molecule has 0 aromatic carbocycles. The van der Waals surface area contributed by atoms with Crippen molar-refractivity contribution >= 4 is 12.6 Å². The first kappa shape index (κ1) is 18.6. The standard InChI is InChI=1S/C17H29BN4O3/c1-16(2)17(3,4)25-18(24-16)13-10-20-15(21-11-13)23-12-14-6-5-8-22(14)9-7-19/h10-11,14H,5-9,12,19H2,1-4H3/t14-/m1/s1. The summed E-state index contributed by atoms with van der Waals surface area (Å²) < 4.78 is 17.8. The van der Waals surface area contributed by atoms with Crippen molar-refractivity contribution in [2.45, 2.75) is 57.8 Å². The number of aromatic nitrogens is 2. The Balaban J connectivity index is 1.56. The third kappa shape index (κ3) is 3.97. The maximum atomic E-state index is 6.01. The van der Waals surface area contributed by atoms with Crippen LogP contribution in [0.4, 0.5) is 0 Å². The predicted octanol–water partition coefficient (Wildman–Crippen LogP) is 0.578. The van der Waals surface area contributed by atoms with Crippen molar-refractivity contribution in [3.05, 3.63) is 12.4 Å². The van der Waals surface area contributed by atoms with Crippen LogP contribution >= 0.6 is 0 Å². The monoisotopic (exact) mass is 348 g/mol. The molecule has 7 nitrogen and oxygen atoms in total.